The quantitative estimate of drug-likeness (QED) is 0.460. The van der Waals surface area contributed by atoms with E-state index in [2.05, 4.69) is 101 Å². The third-order valence-electron chi connectivity index (χ3n) is 6.14. The SMILES string of the molecule is CC(C)(C)[Si](C)(C)OCC#Cc1nc(C#N)c(C#N)nc1C#CCO[Si](C)(C)C(C)(C)C. The summed E-state index contributed by atoms with van der Waals surface area (Å²) in [6.45, 7) is 22.1. The van der Waals surface area contributed by atoms with Gasteiger partial charge in [-0.2, -0.15) is 10.5 Å². The molecular formula is C24H34N4O2Si2. The van der Waals surface area contributed by atoms with E-state index in [1.54, 1.807) is 0 Å². The Kier molecular flexibility index (Phi) is 8.99. The molecule has 0 aliphatic carbocycles. The summed E-state index contributed by atoms with van der Waals surface area (Å²) < 4.78 is 12.1. The molecule has 0 saturated heterocycles. The van der Waals surface area contributed by atoms with Crippen LogP contribution in [0.25, 0.3) is 0 Å². The van der Waals surface area contributed by atoms with Crippen LogP contribution in [0.5, 0.6) is 0 Å². The highest BCUT2D eigenvalue weighted by Gasteiger charge is 2.37. The molecule has 0 N–H and O–H groups in total. The van der Waals surface area contributed by atoms with Crippen molar-refractivity contribution in [2.45, 2.75) is 77.8 Å². The van der Waals surface area contributed by atoms with Crippen molar-refractivity contribution in [1.29, 1.82) is 10.5 Å². The summed E-state index contributed by atoms with van der Waals surface area (Å²) in [7, 11) is -3.85. The zero-order chi connectivity index (χ0) is 24.8. The molecule has 0 aliphatic heterocycles. The first kappa shape index (κ1) is 27.6. The highest BCUT2D eigenvalue weighted by atomic mass is 28.4. The van der Waals surface area contributed by atoms with Gasteiger partial charge in [0.05, 0.1) is 13.2 Å². The molecule has 0 aliphatic rings. The van der Waals surface area contributed by atoms with E-state index in [-0.39, 0.29) is 46.1 Å². The topological polar surface area (TPSA) is 91.8 Å². The normalized spacial score (nSPS) is 12.0. The van der Waals surface area contributed by atoms with Crippen LogP contribution in [0.15, 0.2) is 0 Å². The van der Waals surface area contributed by atoms with Gasteiger partial charge < -0.3 is 8.85 Å². The molecule has 32 heavy (non-hydrogen) atoms. The van der Waals surface area contributed by atoms with E-state index in [1.807, 2.05) is 12.1 Å². The zero-order valence-corrected chi connectivity index (χ0v) is 23.0. The maximum Gasteiger partial charge on any atom is 0.193 e. The first-order chi connectivity index (χ1) is 14.6. The summed E-state index contributed by atoms with van der Waals surface area (Å²) in [5, 5.41) is 18.7. The minimum absolute atomic E-state index is 0.0646. The number of nitriles is 2. The largest absolute Gasteiger partial charge is 0.406 e. The maximum atomic E-state index is 9.29. The molecule has 0 radical (unpaired) electrons. The van der Waals surface area contributed by atoms with Gasteiger partial charge in [-0.25, -0.2) is 9.97 Å². The van der Waals surface area contributed by atoms with Crippen LogP contribution in [0.3, 0.4) is 0 Å². The van der Waals surface area contributed by atoms with E-state index >= 15 is 0 Å². The van der Waals surface area contributed by atoms with E-state index in [1.165, 1.54) is 0 Å². The lowest BCUT2D eigenvalue weighted by atomic mass is 10.2. The molecule has 1 aromatic rings. The fraction of sp³-hybridized carbons (Fsp3) is 0.583. The van der Waals surface area contributed by atoms with Crippen LogP contribution < -0.4 is 0 Å². The molecule has 0 fully saturated rings. The van der Waals surface area contributed by atoms with Gasteiger partial charge in [0.25, 0.3) is 0 Å². The molecule has 1 heterocycles. The molecule has 0 bridgehead atoms. The lowest BCUT2D eigenvalue weighted by Crippen LogP contribution is -2.40. The van der Waals surface area contributed by atoms with Crippen molar-refractivity contribution in [2.75, 3.05) is 13.2 Å². The third kappa shape index (κ3) is 7.30. The van der Waals surface area contributed by atoms with Crippen LogP contribution in [0.2, 0.25) is 36.3 Å². The van der Waals surface area contributed by atoms with Gasteiger partial charge in [0.1, 0.15) is 23.5 Å². The number of hydrogen-bond donors (Lipinski definition) is 0. The monoisotopic (exact) mass is 466 g/mol. The molecular weight excluding hydrogens is 432 g/mol. The van der Waals surface area contributed by atoms with Crippen LogP contribution in [0, 0.1) is 46.3 Å². The van der Waals surface area contributed by atoms with Crippen molar-refractivity contribution in [1.82, 2.24) is 9.97 Å². The Morgan fingerprint density at radius 1 is 0.656 bits per heavy atom. The number of nitrogens with zero attached hydrogens (tertiary/aromatic N) is 4. The Balaban J connectivity index is 3.17. The van der Waals surface area contributed by atoms with Crippen LogP contribution in [-0.2, 0) is 8.85 Å². The van der Waals surface area contributed by atoms with Crippen molar-refractivity contribution in [2.24, 2.45) is 0 Å². The molecule has 1 aromatic heterocycles. The van der Waals surface area contributed by atoms with Crippen LogP contribution >= 0.6 is 0 Å². The van der Waals surface area contributed by atoms with Gasteiger partial charge in [0.2, 0.25) is 0 Å². The van der Waals surface area contributed by atoms with Crippen LogP contribution in [-0.4, -0.2) is 39.8 Å². The second-order valence-electron chi connectivity index (χ2n) is 10.5. The molecule has 0 aromatic carbocycles. The highest BCUT2D eigenvalue weighted by Crippen LogP contribution is 2.37. The molecule has 0 amide bonds. The lowest BCUT2D eigenvalue weighted by molar-refractivity contribution is 0.334. The maximum absolute atomic E-state index is 9.29. The summed E-state index contributed by atoms with van der Waals surface area (Å²) in [5.74, 6) is 11.8. The molecule has 6 nitrogen and oxygen atoms in total. The van der Waals surface area contributed by atoms with Crippen molar-refractivity contribution < 1.29 is 8.85 Å². The van der Waals surface area contributed by atoms with E-state index in [4.69, 9.17) is 8.85 Å². The predicted octanol–water partition coefficient (Wildman–Crippen LogP) is 4.97. The summed E-state index contributed by atoms with van der Waals surface area (Å²) in [5.41, 5.74) is 0.397. The Labute approximate surface area is 195 Å². The van der Waals surface area contributed by atoms with Gasteiger partial charge in [-0.3, -0.25) is 0 Å². The number of hydrogen-bond acceptors (Lipinski definition) is 6. The molecule has 0 unspecified atom stereocenters. The summed E-state index contributed by atoms with van der Waals surface area (Å²) in [6, 6.07) is 3.79. The Bertz CT molecular complexity index is 960. The lowest BCUT2D eigenvalue weighted by Gasteiger charge is -2.35. The summed E-state index contributed by atoms with van der Waals surface area (Å²) in [6.07, 6.45) is 0. The average Bonchev–Trinajstić information content (AvgIpc) is 2.66. The van der Waals surface area contributed by atoms with Crippen molar-refractivity contribution >= 4 is 16.6 Å². The van der Waals surface area contributed by atoms with E-state index in [0.29, 0.717) is 0 Å². The van der Waals surface area contributed by atoms with Gasteiger partial charge in [0, 0.05) is 0 Å². The Hall–Kier alpha value is -2.47. The zero-order valence-electron chi connectivity index (χ0n) is 21.0. The van der Waals surface area contributed by atoms with Crippen molar-refractivity contribution in [3.05, 3.63) is 22.8 Å². The molecule has 8 heteroatoms. The number of rotatable bonds is 4. The fourth-order valence-electron chi connectivity index (χ4n) is 1.87. The molecule has 0 atom stereocenters. The van der Waals surface area contributed by atoms with Crippen molar-refractivity contribution in [3.63, 3.8) is 0 Å². The second-order valence-corrected chi connectivity index (χ2v) is 20.2. The smallest absolute Gasteiger partial charge is 0.193 e. The fourth-order valence-corrected chi connectivity index (χ4v) is 3.60. The highest BCUT2D eigenvalue weighted by molar-refractivity contribution is 6.74. The van der Waals surface area contributed by atoms with E-state index in [0.717, 1.165) is 0 Å². The number of aromatic nitrogens is 2. The summed E-state index contributed by atoms with van der Waals surface area (Å²) in [4.78, 5) is 8.43. The predicted molar refractivity (Wildman–Crippen MR) is 132 cm³/mol. The van der Waals surface area contributed by atoms with Gasteiger partial charge in [-0.15, -0.1) is 0 Å². The van der Waals surface area contributed by atoms with E-state index < -0.39 is 16.6 Å². The van der Waals surface area contributed by atoms with E-state index in [9.17, 15) is 10.5 Å². The molecule has 0 spiro atoms. The minimum atomic E-state index is -1.92. The van der Waals surface area contributed by atoms with Gasteiger partial charge in [-0.05, 0) is 48.1 Å². The Morgan fingerprint density at radius 2 is 0.969 bits per heavy atom. The second kappa shape index (κ2) is 10.4. The van der Waals surface area contributed by atoms with Crippen molar-refractivity contribution in [3.8, 4) is 35.8 Å². The average molecular weight is 467 g/mol. The van der Waals surface area contributed by atoms with Crippen LogP contribution in [0.1, 0.15) is 64.3 Å². The van der Waals surface area contributed by atoms with Crippen LogP contribution in [0.4, 0.5) is 0 Å². The first-order valence-electron chi connectivity index (χ1n) is 10.5. The van der Waals surface area contributed by atoms with Gasteiger partial charge >= 0.3 is 0 Å². The van der Waals surface area contributed by atoms with Gasteiger partial charge in [-0.1, -0.05) is 53.4 Å². The van der Waals surface area contributed by atoms with Gasteiger partial charge in [0.15, 0.2) is 28.0 Å². The molecule has 0 saturated carbocycles. The molecule has 170 valence electrons. The minimum Gasteiger partial charge on any atom is -0.406 e. The summed E-state index contributed by atoms with van der Waals surface area (Å²) >= 11 is 0. The molecule has 1 rings (SSSR count). The first-order valence-corrected chi connectivity index (χ1v) is 16.4. The Morgan fingerprint density at radius 3 is 1.22 bits per heavy atom. The standard InChI is InChI=1S/C24H34N4O2Si2/c1-23(2,3)31(7,8)29-15-11-13-19-20(28-22(18-26)21(17-25)27-19)14-12-16-30-32(9,10)24(4,5)6/h15-16H2,1-10H3. The third-order valence-corrected chi connectivity index (χ3v) is 15.1.